The highest BCUT2D eigenvalue weighted by molar-refractivity contribution is 8.04. The summed E-state index contributed by atoms with van der Waals surface area (Å²) in [6.45, 7) is 3.38. The van der Waals surface area contributed by atoms with E-state index in [-0.39, 0.29) is 68.9 Å². The van der Waals surface area contributed by atoms with Gasteiger partial charge in [0.05, 0.1) is 16.7 Å². The molecule has 0 bridgehead atoms. The molecule has 222 valence electrons. The van der Waals surface area contributed by atoms with Crippen LogP contribution in [0.1, 0.15) is 60.0 Å². The first-order valence-electron chi connectivity index (χ1n) is 12.4. The average molecular weight is 604 g/mol. The summed E-state index contributed by atoms with van der Waals surface area (Å²) >= 11 is 0. The molecule has 2 aliphatic heterocycles. The fourth-order valence-electron chi connectivity index (χ4n) is 5.64. The Morgan fingerprint density at radius 3 is 2.12 bits per heavy atom. The molecule has 2 fully saturated rings. The number of hydrazone groups is 1. The van der Waals surface area contributed by atoms with Gasteiger partial charge in [-0.2, -0.15) is 30.6 Å². The highest BCUT2D eigenvalue weighted by Crippen LogP contribution is 2.50. The lowest BCUT2D eigenvalue weighted by Crippen LogP contribution is -2.52. The second-order valence-corrected chi connectivity index (χ2v) is 12.4. The van der Waals surface area contributed by atoms with Crippen molar-refractivity contribution in [3.05, 3.63) is 34.9 Å². The van der Waals surface area contributed by atoms with Crippen LogP contribution in [0.3, 0.4) is 0 Å². The predicted octanol–water partition coefficient (Wildman–Crippen LogP) is 4.73. The summed E-state index contributed by atoms with van der Waals surface area (Å²) in [5.74, 6) is -4.58. The van der Waals surface area contributed by atoms with E-state index in [4.69, 9.17) is 0 Å². The molecular formula is C24H27F8N4O3S+. The summed E-state index contributed by atoms with van der Waals surface area (Å²) in [7, 11) is -3.82. The Hall–Kier alpha value is -2.62. The number of benzene rings is 1. The van der Waals surface area contributed by atoms with E-state index in [0.29, 0.717) is 12.1 Å². The van der Waals surface area contributed by atoms with Crippen LogP contribution >= 0.6 is 0 Å². The van der Waals surface area contributed by atoms with Gasteiger partial charge in [0.15, 0.2) is 6.72 Å². The smallest absolute Gasteiger partial charge is 0.351 e. The van der Waals surface area contributed by atoms with Crippen molar-refractivity contribution < 1.29 is 53.0 Å². The van der Waals surface area contributed by atoms with Crippen molar-refractivity contribution >= 4 is 27.7 Å². The number of carbonyl (C=O) groups is 1. The van der Waals surface area contributed by atoms with Crippen molar-refractivity contribution in [2.45, 2.75) is 56.8 Å². The van der Waals surface area contributed by atoms with Gasteiger partial charge in [-0.05, 0) is 55.2 Å². The topological polar surface area (TPSA) is 81.9 Å². The Morgan fingerprint density at radius 1 is 1.05 bits per heavy atom. The van der Waals surface area contributed by atoms with Crippen molar-refractivity contribution in [1.82, 2.24) is 9.62 Å². The normalized spacial score (nSPS) is 22.4. The van der Waals surface area contributed by atoms with Gasteiger partial charge in [-0.3, -0.25) is 4.79 Å². The van der Waals surface area contributed by atoms with Crippen LogP contribution in [-0.2, 0) is 22.4 Å². The van der Waals surface area contributed by atoms with E-state index in [1.807, 2.05) is 0 Å². The van der Waals surface area contributed by atoms with E-state index in [2.05, 4.69) is 17.1 Å². The minimum Gasteiger partial charge on any atom is -0.351 e. The fourth-order valence-corrected chi connectivity index (χ4v) is 7.16. The van der Waals surface area contributed by atoms with Gasteiger partial charge < -0.3 is 5.32 Å². The molecule has 40 heavy (non-hydrogen) atoms. The molecule has 1 aliphatic carbocycles. The standard InChI is InChI=1S/C24H26F8N4O3S/c1-35-13-19(34-35)40(38,39)36-10-4-15(5-11-36)21(6-8-22(25,26)9-7-21)14-33-20(37)17-3-2-16(23(27,28)29)12-18(17)24(30,31)32/h2-3,12,15H,1,4-11,13-14H2/p+1. The number of sulfonamides is 1. The van der Waals surface area contributed by atoms with Crippen LogP contribution in [0.25, 0.3) is 0 Å². The van der Waals surface area contributed by atoms with Crippen LogP contribution in [-0.4, -0.2) is 67.2 Å². The van der Waals surface area contributed by atoms with Gasteiger partial charge in [0, 0.05) is 37.6 Å². The molecule has 7 nitrogen and oxygen atoms in total. The van der Waals surface area contributed by atoms with Crippen molar-refractivity contribution in [1.29, 1.82) is 0 Å². The van der Waals surface area contributed by atoms with E-state index in [1.54, 1.807) is 0 Å². The second kappa shape index (κ2) is 10.3. The van der Waals surface area contributed by atoms with Crippen molar-refractivity contribution in [3.63, 3.8) is 0 Å². The molecule has 1 saturated heterocycles. The second-order valence-electron chi connectivity index (χ2n) is 10.5. The summed E-state index contributed by atoms with van der Waals surface area (Å²) in [6.07, 6.45) is -11.0. The van der Waals surface area contributed by atoms with Crippen LogP contribution in [0.15, 0.2) is 23.3 Å². The molecule has 0 radical (unpaired) electrons. The molecule has 0 atom stereocenters. The Morgan fingerprint density at radius 2 is 1.62 bits per heavy atom. The number of rotatable bonds is 5. The van der Waals surface area contributed by atoms with Gasteiger partial charge in [0.2, 0.25) is 12.5 Å². The summed E-state index contributed by atoms with van der Waals surface area (Å²) in [5, 5.41) is 6.08. The first kappa shape index (κ1) is 30.3. The number of hydrogen-bond acceptors (Lipinski definition) is 4. The third-order valence-electron chi connectivity index (χ3n) is 8.00. The third kappa shape index (κ3) is 6.16. The molecule has 1 aromatic carbocycles. The van der Waals surface area contributed by atoms with Gasteiger partial charge in [0.25, 0.3) is 21.0 Å². The average Bonchev–Trinajstić information content (AvgIpc) is 2.85. The molecule has 1 amide bonds. The summed E-state index contributed by atoms with van der Waals surface area (Å²) < 4.78 is 136. The molecule has 3 aliphatic rings. The quantitative estimate of drug-likeness (QED) is 0.391. The maximum Gasteiger partial charge on any atom is 0.417 e. The number of nitrogens with one attached hydrogen (secondary N) is 1. The lowest BCUT2D eigenvalue weighted by Gasteiger charge is -2.48. The first-order chi connectivity index (χ1) is 18.3. The molecule has 16 heteroatoms. The molecule has 4 rings (SSSR count). The van der Waals surface area contributed by atoms with E-state index in [1.165, 1.54) is 8.99 Å². The Balaban J connectivity index is 1.53. The SMILES string of the molecule is C=[N+]1CC(S(=O)(=O)N2CCC(C3(CNC(=O)c4ccc(C(F)(F)F)cc4C(F)(F)F)CCC(F)(F)CC3)CC2)=N1. The van der Waals surface area contributed by atoms with Crippen LogP contribution in [0.5, 0.6) is 0 Å². The van der Waals surface area contributed by atoms with Crippen LogP contribution in [0.2, 0.25) is 0 Å². The Labute approximate surface area is 225 Å². The van der Waals surface area contributed by atoms with Gasteiger partial charge in [-0.15, -0.1) is 0 Å². The Kier molecular flexibility index (Phi) is 7.84. The summed E-state index contributed by atoms with van der Waals surface area (Å²) in [5.41, 5.74) is -5.31. The molecule has 0 spiro atoms. The number of piperidine rings is 1. The van der Waals surface area contributed by atoms with Crippen LogP contribution in [0, 0.1) is 11.3 Å². The van der Waals surface area contributed by atoms with Crippen molar-refractivity contribution in [2.24, 2.45) is 16.4 Å². The zero-order valence-corrected chi connectivity index (χ0v) is 21.9. The van der Waals surface area contributed by atoms with Gasteiger partial charge in [0.1, 0.15) is 0 Å². The molecule has 0 unspecified atom stereocenters. The number of carbonyl (C=O) groups excluding carboxylic acids is 1. The van der Waals surface area contributed by atoms with E-state index >= 15 is 0 Å². The molecule has 0 aromatic heterocycles. The van der Waals surface area contributed by atoms with Gasteiger partial charge in [-0.25, -0.2) is 17.2 Å². The highest BCUT2D eigenvalue weighted by atomic mass is 32.2. The van der Waals surface area contributed by atoms with E-state index < -0.39 is 69.2 Å². The Bertz CT molecular complexity index is 1310. The van der Waals surface area contributed by atoms with E-state index in [9.17, 15) is 48.3 Å². The van der Waals surface area contributed by atoms with Crippen molar-refractivity contribution in [2.75, 3.05) is 26.2 Å². The number of nitrogens with zero attached hydrogens (tertiary/aromatic N) is 3. The minimum absolute atomic E-state index is 0.0442. The molecule has 1 N–H and O–H groups in total. The molecule has 1 aromatic rings. The maximum atomic E-state index is 14.1. The van der Waals surface area contributed by atoms with Gasteiger partial charge in [-0.1, -0.05) is 4.68 Å². The number of amides is 1. The van der Waals surface area contributed by atoms with Crippen LogP contribution < -0.4 is 5.32 Å². The van der Waals surface area contributed by atoms with Crippen LogP contribution in [0.4, 0.5) is 35.1 Å². The third-order valence-corrected chi connectivity index (χ3v) is 9.85. The maximum absolute atomic E-state index is 14.1. The lowest BCUT2D eigenvalue weighted by molar-refractivity contribution is -0.532. The number of hydrogen-bond donors (Lipinski definition) is 1. The predicted molar refractivity (Wildman–Crippen MR) is 128 cm³/mol. The van der Waals surface area contributed by atoms with Crippen molar-refractivity contribution in [3.8, 4) is 0 Å². The first-order valence-corrected chi connectivity index (χ1v) is 13.9. The largest absolute Gasteiger partial charge is 0.417 e. The highest BCUT2D eigenvalue weighted by Gasteiger charge is 2.50. The zero-order valence-electron chi connectivity index (χ0n) is 21.1. The zero-order chi connectivity index (χ0) is 29.7. The summed E-state index contributed by atoms with van der Waals surface area (Å²) in [6, 6.07) is 0.682. The molecule has 2 heterocycles. The van der Waals surface area contributed by atoms with Gasteiger partial charge >= 0.3 is 12.4 Å². The summed E-state index contributed by atoms with van der Waals surface area (Å²) in [4.78, 5) is 12.8. The number of alkyl halides is 8. The monoisotopic (exact) mass is 603 g/mol. The minimum atomic E-state index is -5.26. The lowest BCUT2D eigenvalue weighted by atomic mass is 9.62. The number of halogens is 8. The fraction of sp³-hybridized carbons (Fsp3) is 0.625. The van der Waals surface area contributed by atoms with E-state index in [0.717, 1.165) is 0 Å². The molecular weight excluding hydrogens is 576 g/mol. The molecule has 1 saturated carbocycles.